The lowest BCUT2D eigenvalue weighted by Gasteiger charge is -2.19. The average Bonchev–Trinajstić information content (AvgIpc) is 3.10. The number of aromatic carboxylic acids is 1. The molecule has 1 aliphatic rings. The first-order valence-corrected chi connectivity index (χ1v) is 9.64. The molecule has 6 heteroatoms. The van der Waals surface area contributed by atoms with E-state index >= 15 is 0 Å². The number of fused-ring (bicyclic) bond motifs is 3. The van der Waals surface area contributed by atoms with E-state index in [2.05, 4.69) is 17.4 Å². The van der Waals surface area contributed by atoms with Gasteiger partial charge in [-0.2, -0.15) is 0 Å². The minimum absolute atomic E-state index is 0.0638. The predicted octanol–water partition coefficient (Wildman–Crippen LogP) is 3.96. The highest BCUT2D eigenvalue weighted by Crippen LogP contribution is 2.44. The van der Waals surface area contributed by atoms with Crippen LogP contribution in [0.25, 0.3) is 11.1 Å². The molecule has 3 aromatic carbocycles. The van der Waals surface area contributed by atoms with Crippen molar-refractivity contribution in [3.8, 4) is 11.1 Å². The van der Waals surface area contributed by atoms with Crippen LogP contribution in [0.1, 0.15) is 39.0 Å². The Labute approximate surface area is 173 Å². The Kier molecular flexibility index (Phi) is 5.50. The number of aliphatic hydroxyl groups excluding tert-OH is 1. The van der Waals surface area contributed by atoms with Gasteiger partial charge >= 0.3 is 12.1 Å². The molecule has 3 aromatic rings. The van der Waals surface area contributed by atoms with Gasteiger partial charge in [0, 0.05) is 5.92 Å². The number of carboxylic acid groups (broad SMARTS) is 1. The Morgan fingerprint density at radius 3 is 2.17 bits per heavy atom. The van der Waals surface area contributed by atoms with Gasteiger partial charge in [-0.15, -0.1) is 0 Å². The molecule has 3 N–H and O–H groups in total. The highest BCUT2D eigenvalue weighted by atomic mass is 16.5. The second kappa shape index (κ2) is 8.39. The maximum Gasteiger partial charge on any atom is 0.407 e. The molecule has 0 aliphatic heterocycles. The number of nitrogens with one attached hydrogen (secondary N) is 1. The van der Waals surface area contributed by atoms with E-state index in [-0.39, 0.29) is 24.7 Å². The van der Waals surface area contributed by atoms with Crippen molar-refractivity contribution in [3.05, 3.63) is 95.1 Å². The molecule has 1 atom stereocenters. The zero-order valence-electron chi connectivity index (χ0n) is 16.1. The van der Waals surface area contributed by atoms with Gasteiger partial charge in [-0.3, -0.25) is 0 Å². The van der Waals surface area contributed by atoms with Crippen molar-refractivity contribution in [2.75, 3.05) is 13.2 Å². The minimum Gasteiger partial charge on any atom is -0.478 e. The first kappa shape index (κ1) is 19.7. The van der Waals surface area contributed by atoms with Crippen LogP contribution < -0.4 is 5.32 Å². The smallest absolute Gasteiger partial charge is 0.407 e. The van der Waals surface area contributed by atoms with E-state index < -0.39 is 18.1 Å². The number of carbonyl (C=O) groups excluding carboxylic acids is 1. The van der Waals surface area contributed by atoms with Crippen LogP contribution in [0.15, 0.2) is 72.8 Å². The average molecular weight is 403 g/mol. The Bertz CT molecular complexity index is 1050. The van der Waals surface area contributed by atoms with Gasteiger partial charge in [0.05, 0.1) is 18.2 Å². The highest BCUT2D eigenvalue weighted by molar-refractivity contribution is 5.87. The molecule has 0 spiro atoms. The third-order valence-corrected chi connectivity index (χ3v) is 5.35. The monoisotopic (exact) mass is 403 g/mol. The summed E-state index contributed by atoms with van der Waals surface area (Å²) in [5.74, 6) is -1.14. The second-order valence-corrected chi connectivity index (χ2v) is 7.14. The Hall–Kier alpha value is -3.64. The van der Waals surface area contributed by atoms with Gasteiger partial charge in [0.15, 0.2) is 0 Å². The molecule has 0 bridgehead atoms. The van der Waals surface area contributed by atoms with E-state index in [0.717, 1.165) is 22.3 Å². The third-order valence-electron chi connectivity index (χ3n) is 5.35. The van der Waals surface area contributed by atoms with Crippen molar-refractivity contribution in [1.82, 2.24) is 5.32 Å². The van der Waals surface area contributed by atoms with Crippen LogP contribution in [0.5, 0.6) is 0 Å². The molecule has 0 fully saturated rings. The Morgan fingerprint density at radius 1 is 0.933 bits per heavy atom. The second-order valence-electron chi connectivity index (χ2n) is 7.14. The van der Waals surface area contributed by atoms with Crippen LogP contribution in [0, 0.1) is 0 Å². The molecule has 30 heavy (non-hydrogen) atoms. The van der Waals surface area contributed by atoms with Crippen LogP contribution in [0.4, 0.5) is 4.79 Å². The first-order chi connectivity index (χ1) is 14.6. The number of rotatable bonds is 6. The first-order valence-electron chi connectivity index (χ1n) is 9.64. The van der Waals surface area contributed by atoms with Gasteiger partial charge in [-0.25, -0.2) is 9.59 Å². The Morgan fingerprint density at radius 2 is 1.57 bits per heavy atom. The summed E-state index contributed by atoms with van der Waals surface area (Å²) in [6.07, 6.45) is -0.670. The van der Waals surface area contributed by atoms with Gasteiger partial charge < -0.3 is 20.3 Å². The molecule has 0 radical (unpaired) electrons. The third kappa shape index (κ3) is 3.77. The largest absolute Gasteiger partial charge is 0.478 e. The summed E-state index contributed by atoms with van der Waals surface area (Å²) >= 11 is 0. The van der Waals surface area contributed by atoms with E-state index in [9.17, 15) is 14.7 Å². The molecule has 0 heterocycles. The van der Waals surface area contributed by atoms with E-state index in [4.69, 9.17) is 9.84 Å². The number of benzene rings is 3. The molecule has 1 amide bonds. The van der Waals surface area contributed by atoms with Crippen molar-refractivity contribution < 1.29 is 24.5 Å². The van der Waals surface area contributed by atoms with E-state index in [0.29, 0.717) is 5.56 Å². The minimum atomic E-state index is -1.07. The van der Waals surface area contributed by atoms with Crippen LogP contribution in [0.2, 0.25) is 0 Å². The van der Waals surface area contributed by atoms with Crippen molar-refractivity contribution in [1.29, 1.82) is 0 Å². The molecule has 0 aromatic heterocycles. The SMILES string of the molecule is O=C(NC(CO)c1cccc(C(=O)O)c1)OCC1c2ccccc2-c2ccccc21. The quantitative estimate of drug-likeness (QED) is 0.579. The molecular weight excluding hydrogens is 382 g/mol. The van der Waals surface area contributed by atoms with Crippen LogP contribution >= 0.6 is 0 Å². The summed E-state index contributed by atoms with van der Waals surface area (Å²) in [6.45, 7) is -0.222. The number of amides is 1. The van der Waals surface area contributed by atoms with E-state index in [1.54, 1.807) is 12.1 Å². The summed E-state index contributed by atoms with van der Waals surface area (Å²) in [7, 11) is 0. The standard InChI is InChI=1S/C24H21NO5/c26-13-22(15-6-5-7-16(12-15)23(27)28)25-24(29)30-14-21-19-10-3-1-8-17(19)18-9-2-4-11-20(18)21/h1-12,21-22,26H,13-14H2,(H,25,29)(H,27,28). The van der Waals surface area contributed by atoms with Gasteiger partial charge in [0.2, 0.25) is 0 Å². The van der Waals surface area contributed by atoms with Gasteiger partial charge in [-0.1, -0.05) is 60.7 Å². The zero-order valence-corrected chi connectivity index (χ0v) is 16.1. The molecule has 6 nitrogen and oxygen atoms in total. The highest BCUT2D eigenvalue weighted by Gasteiger charge is 2.29. The molecule has 1 aliphatic carbocycles. The van der Waals surface area contributed by atoms with Crippen LogP contribution in [-0.4, -0.2) is 35.5 Å². The fraction of sp³-hybridized carbons (Fsp3) is 0.167. The topological polar surface area (TPSA) is 95.9 Å². The molecule has 0 saturated heterocycles. The molecule has 0 saturated carbocycles. The molecule has 1 unspecified atom stereocenters. The predicted molar refractivity (Wildman–Crippen MR) is 111 cm³/mol. The number of carbonyl (C=O) groups is 2. The summed E-state index contributed by atoms with van der Waals surface area (Å²) in [5.41, 5.74) is 5.08. The molecular formula is C24H21NO5. The number of carboxylic acids is 1. The number of aliphatic hydroxyl groups is 1. The fourth-order valence-electron chi connectivity index (χ4n) is 3.91. The summed E-state index contributed by atoms with van der Waals surface area (Å²) < 4.78 is 5.49. The van der Waals surface area contributed by atoms with Crippen molar-refractivity contribution in [2.45, 2.75) is 12.0 Å². The zero-order chi connectivity index (χ0) is 21.1. The molecule has 4 rings (SSSR count). The van der Waals surface area contributed by atoms with E-state index in [1.807, 2.05) is 36.4 Å². The number of hydrogen-bond donors (Lipinski definition) is 3. The molecule has 152 valence electrons. The van der Waals surface area contributed by atoms with Crippen molar-refractivity contribution in [3.63, 3.8) is 0 Å². The lowest BCUT2D eigenvalue weighted by molar-refractivity contribution is 0.0696. The van der Waals surface area contributed by atoms with Gasteiger partial charge in [0.25, 0.3) is 0 Å². The van der Waals surface area contributed by atoms with E-state index in [1.165, 1.54) is 12.1 Å². The Balaban J connectivity index is 1.46. The maximum absolute atomic E-state index is 12.4. The fourth-order valence-corrected chi connectivity index (χ4v) is 3.91. The van der Waals surface area contributed by atoms with Crippen LogP contribution in [0.3, 0.4) is 0 Å². The summed E-state index contributed by atoms with van der Waals surface area (Å²) in [6, 6.07) is 21.4. The maximum atomic E-state index is 12.4. The number of hydrogen-bond acceptors (Lipinski definition) is 4. The number of alkyl carbamates (subject to hydrolysis) is 1. The van der Waals surface area contributed by atoms with Gasteiger partial charge in [0.1, 0.15) is 6.61 Å². The number of ether oxygens (including phenoxy) is 1. The summed E-state index contributed by atoms with van der Waals surface area (Å²) in [5, 5.41) is 21.4. The van der Waals surface area contributed by atoms with Crippen molar-refractivity contribution >= 4 is 12.1 Å². The summed E-state index contributed by atoms with van der Waals surface area (Å²) in [4.78, 5) is 23.6. The lowest BCUT2D eigenvalue weighted by atomic mass is 9.98. The normalized spacial score (nSPS) is 13.2. The van der Waals surface area contributed by atoms with Crippen LogP contribution in [-0.2, 0) is 4.74 Å². The van der Waals surface area contributed by atoms with Gasteiger partial charge in [-0.05, 0) is 39.9 Å². The lowest BCUT2D eigenvalue weighted by Crippen LogP contribution is -2.32. The van der Waals surface area contributed by atoms with Crippen molar-refractivity contribution in [2.24, 2.45) is 0 Å².